The fraction of sp³-hybridized carbons (Fsp3) is 0.600. The van der Waals surface area contributed by atoms with E-state index >= 15 is 0 Å². The fourth-order valence-corrected chi connectivity index (χ4v) is 2.76. The average molecular weight is 264 g/mol. The van der Waals surface area contributed by atoms with Gasteiger partial charge in [-0.05, 0) is 37.1 Å². The van der Waals surface area contributed by atoms with E-state index in [9.17, 15) is 5.11 Å². The van der Waals surface area contributed by atoms with Crippen LogP contribution in [0.3, 0.4) is 0 Å². The Morgan fingerprint density at radius 1 is 1.47 bits per heavy atom. The van der Waals surface area contributed by atoms with Crippen LogP contribution in [-0.4, -0.2) is 36.2 Å². The van der Waals surface area contributed by atoms with Gasteiger partial charge in [-0.1, -0.05) is 13.3 Å². The van der Waals surface area contributed by atoms with Crippen LogP contribution in [0.4, 0.5) is 0 Å². The summed E-state index contributed by atoms with van der Waals surface area (Å²) < 4.78 is 5.21. The Labute approximate surface area is 115 Å². The van der Waals surface area contributed by atoms with Crippen molar-refractivity contribution in [1.29, 1.82) is 0 Å². The van der Waals surface area contributed by atoms with Gasteiger partial charge in [0, 0.05) is 24.7 Å². The van der Waals surface area contributed by atoms with Gasteiger partial charge in [-0.15, -0.1) is 0 Å². The van der Waals surface area contributed by atoms with Crippen LogP contribution in [0.1, 0.15) is 25.3 Å². The molecule has 4 heteroatoms. The monoisotopic (exact) mass is 264 g/mol. The number of nitrogens with two attached hydrogens (primary N) is 1. The molecule has 106 valence electrons. The van der Waals surface area contributed by atoms with Gasteiger partial charge in [-0.3, -0.25) is 4.90 Å². The summed E-state index contributed by atoms with van der Waals surface area (Å²) in [7, 11) is 1.64. The summed E-state index contributed by atoms with van der Waals surface area (Å²) in [5, 5.41) is 9.93. The Balaban J connectivity index is 2.04. The summed E-state index contributed by atoms with van der Waals surface area (Å²) in [6.07, 6.45) is 2.14. The van der Waals surface area contributed by atoms with Crippen LogP contribution < -0.4 is 10.5 Å². The van der Waals surface area contributed by atoms with Crippen molar-refractivity contribution >= 4 is 0 Å². The van der Waals surface area contributed by atoms with Gasteiger partial charge in [-0.25, -0.2) is 0 Å². The zero-order valence-corrected chi connectivity index (χ0v) is 11.8. The second-order valence-corrected chi connectivity index (χ2v) is 5.35. The molecule has 4 nitrogen and oxygen atoms in total. The molecular weight excluding hydrogens is 240 g/mol. The first-order valence-electron chi connectivity index (χ1n) is 6.97. The molecule has 0 aromatic heterocycles. The van der Waals surface area contributed by atoms with Crippen molar-refractivity contribution in [3.05, 3.63) is 23.8 Å². The molecule has 2 atom stereocenters. The number of phenols is 1. The van der Waals surface area contributed by atoms with Crippen molar-refractivity contribution < 1.29 is 9.84 Å². The molecule has 1 aromatic carbocycles. The third-order valence-corrected chi connectivity index (χ3v) is 4.08. The average Bonchev–Trinajstić information content (AvgIpc) is 2.43. The normalized spacial score (nSPS) is 24.4. The van der Waals surface area contributed by atoms with Crippen LogP contribution >= 0.6 is 0 Å². The minimum absolute atomic E-state index is 0.320. The number of nitrogens with zero attached hydrogens (tertiary/aromatic N) is 1. The van der Waals surface area contributed by atoms with Gasteiger partial charge in [0.2, 0.25) is 0 Å². The van der Waals surface area contributed by atoms with E-state index in [0.29, 0.717) is 17.7 Å². The summed E-state index contributed by atoms with van der Waals surface area (Å²) in [5.74, 6) is 1.68. The van der Waals surface area contributed by atoms with E-state index in [4.69, 9.17) is 10.5 Å². The second-order valence-electron chi connectivity index (χ2n) is 5.35. The van der Waals surface area contributed by atoms with Gasteiger partial charge in [0.1, 0.15) is 11.5 Å². The predicted molar refractivity (Wildman–Crippen MR) is 76.3 cm³/mol. The first-order valence-corrected chi connectivity index (χ1v) is 6.97. The van der Waals surface area contributed by atoms with Gasteiger partial charge >= 0.3 is 0 Å². The van der Waals surface area contributed by atoms with Crippen molar-refractivity contribution in [2.24, 2.45) is 11.7 Å². The Bertz CT molecular complexity index is 423. The standard InChI is InChI=1S/C15H24N2O2/c1-3-11-9-17(7-6-14(11)16)10-12-8-13(19-2)4-5-15(12)18/h4-5,8,11,14,18H,3,6-7,9-10,16H2,1-2H3. The highest BCUT2D eigenvalue weighted by molar-refractivity contribution is 5.39. The molecule has 1 saturated heterocycles. The van der Waals surface area contributed by atoms with Crippen LogP contribution in [0.5, 0.6) is 11.5 Å². The number of hydrogen-bond acceptors (Lipinski definition) is 4. The van der Waals surface area contributed by atoms with Crippen molar-refractivity contribution in [2.45, 2.75) is 32.4 Å². The quantitative estimate of drug-likeness (QED) is 0.873. The Kier molecular flexibility index (Phi) is 4.66. The maximum absolute atomic E-state index is 9.93. The smallest absolute Gasteiger partial charge is 0.120 e. The molecule has 1 heterocycles. The molecule has 1 aromatic rings. The number of piperidine rings is 1. The summed E-state index contributed by atoms with van der Waals surface area (Å²) in [6.45, 7) is 4.95. The van der Waals surface area contributed by atoms with Gasteiger partial charge in [0.05, 0.1) is 7.11 Å². The van der Waals surface area contributed by atoms with E-state index in [-0.39, 0.29) is 0 Å². The van der Waals surface area contributed by atoms with E-state index < -0.39 is 0 Å². The van der Waals surface area contributed by atoms with Crippen molar-refractivity contribution in [3.8, 4) is 11.5 Å². The molecule has 3 N–H and O–H groups in total. The number of aromatic hydroxyl groups is 1. The maximum atomic E-state index is 9.93. The number of ether oxygens (including phenoxy) is 1. The molecule has 19 heavy (non-hydrogen) atoms. The number of phenolic OH excluding ortho intramolecular Hbond substituents is 1. The predicted octanol–water partition coefficient (Wildman–Crippen LogP) is 1.96. The van der Waals surface area contributed by atoms with Gasteiger partial charge < -0.3 is 15.6 Å². The molecule has 1 aliphatic heterocycles. The van der Waals surface area contributed by atoms with E-state index in [1.165, 1.54) is 0 Å². The highest BCUT2D eigenvalue weighted by Gasteiger charge is 2.25. The Hall–Kier alpha value is -1.26. The van der Waals surface area contributed by atoms with Crippen molar-refractivity contribution in [3.63, 3.8) is 0 Å². The lowest BCUT2D eigenvalue weighted by Crippen LogP contribution is -2.46. The lowest BCUT2D eigenvalue weighted by Gasteiger charge is -2.36. The SMILES string of the molecule is CCC1CN(Cc2cc(OC)ccc2O)CCC1N. The number of methoxy groups -OCH3 is 1. The lowest BCUT2D eigenvalue weighted by atomic mass is 9.90. The van der Waals surface area contributed by atoms with Gasteiger partial charge in [0.15, 0.2) is 0 Å². The molecule has 0 spiro atoms. The summed E-state index contributed by atoms with van der Waals surface area (Å²) in [6, 6.07) is 5.70. The zero-order valence-electron chi connectivity index (χ0n) is 11.8. The number of likely N-dealkylation sites (tertiary alicyclic amines) is 1. The fourth-order valence-electron chi connectivity index (χ4n) is 2.76. The molecule has 0 amide bonds. The summed E-state index contributed by atoms with van der Waals surface area (Å²) in [5.41, 5.74) is 7.05. The van der Waals surface area contributed by atoms with Crippen LogP contribution in [0.15, 0.2) is 18.2 Å². The van der Waals surface area contributed by atoms with E-state index in [2.05, 4.69) is 11.8 Å². The second kappa shape index (κ2) is 6.26. The summed E-state index contributed by atoms with van der Waals surface area (Å²) >= 11 is 0. The lowest BCUT2D eigenvalue weighted by molar-refractivity contribution is 0.144. The first kappa shape index (κ1) is 14.2. The first-order chi connectivity index (χ1) is 9.13. The van der Waals surface area contributed by atoms with Crippen LogP contribution in [0, 0.1) is 5.92 Å². The molecule has 0 saturated carbocycles. The van der Waals surface area contributed by atoms with Crippen molar-refractivity contribution in [1.82, 2.24) is 4.90 Å². The number of benzene rings is 1. The minimum Gasteiger partial charge on any atom is -0.508 e. The molecule has 0 aliphatic carbocycles. The Morgan fingerprint density at radius 3 is 2.95 bits per heavy atom. The summed E-state index contributed by atoms with van der Waals surface area (Å²) in [4.78, 5) is 2.37. The highest BCUT2D eigenvalue weighted by Crippen LogP contribution is 2.26. The molecule has 2 rings (SSSR count). The van der Waals surface area contributed by atoms with Crippen LogP contribution in [0.25, 0.3) is 0 Å². The van der Waals surface area contributed by atoms with Crippen LogP contribution in [0.2, 0.25) is 0 Å². The van der Waals surface area contributed by atoms with E-state index in [1.807, 2.05) is 6.07 Å². The molecule has 0 bridgehead atoms. The molecule has 1 aliphatic rings. The Morgan fingerprint density at radius 2 is 2.26 bits per heavy atom. The maximum Gasteiger partial charge on any atom is 0.120 e. The number of rotatable bonds is 4. The third-order valence-electron chi connectivity index (χ3n) is 4.08. The third kappa shape index (κ3) is 3.39. The topological polar surface area (TPSA) is 58.7 Å². The van der Waals surface area contributed by atoms with Gasteiger partial charge in [0.25, 0.3) is 0 Å². The molecule has 0 radical (unpaired) electrons. The minimum atomic E-state index is 0.320. The molecular formula is C15H24N2O2. The van der Waals surface area contributed by atoms with E-state index in [0.717, 1.165) is 43.8 Å². The van der Waals surface area contributed by atoms with Crippen molar-refractivity contribution in [2.75, 3.05) is 20.2 Å². The van der Waals surface area contributed by atoms with E-state index in [1.54, 1.807) is 19.2 Å². The van der Waals surface area contributed by atoms with Gasteiger partial charge in [-0.2, -0.15) is 0 Å². The molecule has 2 unspecified atom stereocenters. The largest absolute Gasteiger partial charge is 0.508 e. The number of hydrogen-bond donors (Lipinski definition) is 2. The highest BCUT2D eigenvalue weighted by atomic mass is 16.5. The van der Waals surface area contributed by atoms with Crippen LogP contribution in [-0.2, 0) is 6.54 Å². The molecule has 1 fully saturated rings. The zero-order chi connectivity index (χ0) is 13.8.